The molecule has 5 atom stereocenters. The molecule has 1 aromatic carbocycles. The fourth-order valence-electron chi connectivity index (χ4n) is 2.95. The van der Waals surface area contributed by atoms with Gasteiger partial charge in [0, 0.05) is 0 Å². The normalized spacial score (nSPS) is 16.4. The Kier molecular flexibility index (Phi) is 10.8. The van der Waals surface area contributed by atoms with Crippen molar-refractivity contribution >= 4 is 17.5 Å². The van der Waals surface area contributed by atoms with Gasteiger partial charge in [-0.15, -0.1) is 0 Å². The zero-order valence-corrected chi connectivity index (χ0v) is 17.7. The van der Waals surface area contributed by atoms with Crippen molar-refractivity contribution in [3.63, 3.8) is 0 Å². The Balaban J connectivity index is 3.04. The molecule has 0 saturated carbocycles. The molecule has 0 bridgehead atoms. The largest absolute Gasteiger partial charge is 0.464 e. The SMILES string of the molecule is CCOC(=O)C(N)C(=O)C(O)C(C(=O)C(N)CC(C)C)C(N)OCc1ccccc1. The number of hydrogen-bond acceptors (Lipinski definition) is 9. The van der Waals surface area contributed by atoms with Crippen LogP contribution in [0.4, 0.5) is 0 Å². The molecule has 0 aliphatic heterocycles. The number of ether oxygens (including phenoxy) is 2. The Bertz CT molecular complexity index is 697. The molecule has 0 aliphatic rings. The van der Waals surface area contributed by atoms with Gasteiger partial charge < -0.3 is 31.8 Å². The van der Waals surface area contributed by atoms with Gasteiger partial charge >= 0.3 is 5.97 Å². The molecule has 168 valence electrons. The molecule has 5 unspecified atom stereocenters. The molecule has 0 amide bonds. The van der Waals surface area contributed by atoms with Crippen molar-refractivity contribution in [1.82, 2.24) is 0 Å². The van der Waals surface area contributed by atoms with Gasteiger partial charge in [0.1, 0.15) is 12.3 Å². The average Bonchev–Trinajstić information content (AvgIpc) is 2.71. The molecule has 0 aromatic heterocycles. The summed E-state index contributed by atoms with van der Waals surface area (Å²) in [5.74, 6) is -4.11. The van der Waals surface area contributed by atoms with Gasteiger partial charge in [0.25, 0.3) is 0 Å². The van der Waals surface area contributed by atoms with Gasteiger partial charge in [-0.25, -0.2) is 4.79 Å². The molecule has 9 nitrogen and oxygen atoms in total. The first-order valence-electron chi connectivity index (χ1n) is 9.94. The van der Waals surface area contributed by atoms with E-state index < -0.39 is 47.9 Å². The molecule has 0 spiro atoms. The van der Waals surface area contributed by atoms with Crippen LogP contribution >= 0.6 is 0 Å². The van der Waals surface area contributed by atoms with Gasteiger partial charge in [-0.05, 0) is 24.8 Å². The zero-order valence-electron chi connectivity index (χ0n) is 17.7. The van der Waals surface area contributed by atoms with Gasteiger partial charge in [0.05, 0.1) is 25.2 Å². The monoisotopic (exact) mass is 423 g/mol. The van der Waals surface area contributed by atoms with Crippen LogP contribution in [0, 0.1) is 11.8 Å². The van der Waals surface area contributed by atoms with Crippen LogP contribution in [0.25, 0.3) is 0 Å². The van der Waals surface area contributed by atoms with E-state index in [2.05, 4.69) is 0 Å². The summed E-state index contributed by atoms with van der Waals surface area (Å²) in [7, 11) is 0. The number of nitrogens with two attached hydrogens (primary N) is 3. The molecule has 7 N–H and O–H groups in total. The van der Waals surface area contributed by atoms with Gasteiger partial charge in [0.2, 0.25) is 0 Å². The van der Waals surface area contributed by atoms with Crippen LogP contribution in [0.1, 0.15) is 32.8 Å². The van der Waals surface area contributed by atoms with E-state index in [4.69, 9.17) is 26.7 Å². The van der Waals surface area contributed by atoms with Crippen molar-refractivity contribution in [3.05, 3.63) is 35.9 Å². The first-order valence-corrected chi connectivity index (χ1v) is 9.94. The number of hydrogen-bond donors (Lipinski definition) is 4. The van der Waals surface area contributed by atoms with Crippen LogP contribution in [0.15, 0.2) is 30.3 Å². The summed E-state index contributed by atoms with van der Waals surface area (Å²) in [4.78, 5) is 37.3. The predicted octanol–water partition coefficient (Wildman–Crippen LogP) is -0.133. The first kappa shape index (κ1) is 25.9. The smallest absolute Gasteiger partial charge is 0.330 e. The van der Waals surface area contributed by atoms with Gasteiger partial charge in [-0.2, -0.15) is 0 Å². The number of ketones is 2. The topological polar surface area (TPSA) is 168 Å². The number of rotatable bonds is 13. The maximum absolute atomic E-state index is 12.9. The maximum Gasteiger partial charge on any atom is 0.330 e. The summed E-state index contributed by atoms with van der Waals surface area (Å²) in [6.45, 7) is 5.38. The number of carbonyl (C=O) groups excluding carboxylic acids is 3. The summed E-state index contributed by atoms with van der Waals surface area (Å²) >= 11 is 0. The van der Waals surface area contributed by atoms with Crippen molar-refractivity contribution in [1.29, 1.82) is 0 Å². The maximum atomic E-state index is 12.9. The van der Waals surface area contributed by atoms with E-state index in [0.29, 0.717) is 6.42 Å². The highest BCUT2D eigenvalue weighted by Crippen LogP contribution is 2.19. The minimum Gasteiger partial charge on any atom is -0.464 e. The molecule has 0 heterocycles. The van der Waals surface area contributed by atoms with E-state index in [-0.39, 0.29) is 19.1 Å². The summed E-state index contributed by atoms with van der Waals surface area (Å²) < 4.78 is 10.3. The fourth-order valence-corrected chi connectivity index (χ4v) is 2.95. The molecule has 9 heteroatoms. The summed E-state index contributed by atoms with van der Waals surface area (Å²) in [5.41, 5.74) is 18.4. The van der Waals surface area contributed by atoms with Crippen LogP contribution in [0.3, 0.4) is 0 Å². The molecule has 1 rings (SSSR count). The van der Waals surface area contributed by atoms with Crippen LogP contribution < -0.4 is 17.2 Å². The number of carbonyl (C=O) groups is 3. The second-order valence-corrected chi connectivity index (χ2v) is 7.50. The van der Waals surface area contributed by atoms with E-state index in [1.807, 2.05) is 32.0 Å². The van der Waals surface area contributed by atoms with E-state index in [1.54, 1.807) is 19.1 Å². The zero-order chi connectivity index (χ0) is 22.8. The Labute approximate surface area is 176 Å². The molecule has 0 aliphatic carbocycles. The van der Waals surface area contributed by atoms with Crippen molar-refractivity contribution in [2.45, 2.75) is 58.2 Å². The lowest BCUT2D eigenvalue weighted by Crippen LogP contribution is -2.56. The molecule has 0 radical (unpaired) electrons. The molecular formula is C21H33N3O6. The number of aliphatic hydroxyl groups excluding tert-OH is 1. The minimum atomic E-state index is -1.97. The van der Waals surface area contributed by atoms with Crippen LogP contribution in [0.2, 0.25) is 0 Å². The van der Waals surface area contributed by atoms with Crippen LogP contribution in [-0.2, 0) is 30.5 Å². The second-order valence-electron chi connectivity index (χ2n) is 7.50. The Hall–Kier alpha value is -2.17. The van der Waals surface area contributed by atoms with Crippen LogP contribution in [0.5, 0.6) is 0 Å². The Morgan fingerprint density at radius 3 is 2.17 bits per heavy atom. The minimum absolute atomic E-state index is 0.0111. The van der Waals surface area contributed by atoms with Crippen molar-refractivity contribution < 1.29 is 29.0 Å². The second kappa shape index (κ2) is 12.5. The Morgan fingerprint density at radius 2 is 1.63 bits per heavy atom. The highest BCUT2D eigenvalue weighted by Gasteiger charge is 2.42. The quantitative estimate of drug-likeness (QED) is 0.192. The average molecular weight is 424 g/mol. The number of aliphatic hydroxyl groups is 1. The van der Waals surface area contributed by atoms with E-state index >= 15 is 0 Å². The number of Topliss-reactive ketones (excluding diaryl/α,β-unsaturated/α-hetero) is 2. The summed E-state index contributed by atoms with van der Waals surface area (Å²) in [6, 6.07) is 6.32. The lowest BCUT2D eigenvalue weighted by atomic mass is 9.85. The lowest BCUT2D eigenvalue weighted by molar-refractivity contribution is -0.155. The van der Waals surface area contributed by atoms with E-state index in [9.17, 15) is 19.5 Å². The van der Waals surface area contributed by atoms with Crippen molar-refractivity contribution in [2.24, 2.45) is 29.0 Å². The van der Waals surface area contributed by atoms with E-state index in [1.165, 1.54) is 0 Å². The van der Waals surface area contributed by atoms with Crippen molar-refractivity contribution in [2.75, 3.05) is 6.61 Å². The van der Waals surface area contributed by atoms with Gasteiger partial charge in [0.15, 0.2) is 17.6 Å². The molecule has 1 aromatic rings. The fraction of sp³-hybridized carbons (Fsp3) is 0.571. The van der Waals surface area contributed by atoms with Gasteiger partial charge in [-0.1, -0.05) is 44.2 Å². The molecule has 0 fully saturated rings. The summed E-state index contributed by atoms with van der Waals surface area (Å²) in [6.07, 6.45) is -2.99. The first-order chi connectivity index (χ1) is 14.1. The van der Waals surface area contributed by atoms with Crippen LogP contribution in [-0.4, -0.2) is 53.7 Å². The number of benzene rings is 1. The highest BCUT2D eigenvalue weighted by molar-refractivity contribution is 6.07. The molecule has 0 saturated heterocycles. The highest BCUT2D eigenvalue weighted by atomic mass is 16.5. The third-order valence-corrected chi connectivity index (χ3v) is 4.54. The third kappa shape index (κ3) is 7.58. The Morgan fingerprint density at radius 1 is 1.03 bits per heavy atom. The predicted molar refractivity (Wildman–Crippen MR) is 111 cm³/mol. The standard InChI is InChI=1S/C21H33N3O6/c1-4-29-21(28)16(23)19(27)18(26)15(17(25)14(22)10-12(2)3)20(24)30-11-13-8-6-5-7-9-13/h5-9,12,14-16,18,20,26H,4,10-11,22-24H2,1-3H3. The molecular weight excluding hydrogens is 390 g/mol. The van der Waals surface area contributed by atoms with E-state index in [0.717, 1.165) is 5.56 Å². The van der Waals surface area contributed by atoms with Crippen molar-refractivity contribution in [3.8, 4) is 0 Å². The number of esters is 1. The lowest BCUT2D eigenvalue weighted by Gasteiger charge is -2.30. The van der Waals surface area contributed by atoms with Gasteiger partial charge in [-0.3, -0.25) is 9.59 Å². The third-order valence-electron chi connectivity index (χ3n) is 4.54. The summed E-state index contributed by atoms with van der Waals surface area (Å²) in [5, 5.41) is 10.6. The molecule has 30 heavy (non-hydrogen) atoms.